The first-order chi connectivity index (χ1) is 13.6. The lowest BCUT2D eigenvalue weighted by atomic mass is 9.96. The predicted molar refractivity (Wildman–Crippen MR) is 117 cm³/mol. The van der Waals surface area contributed by atoms with Gasteiger partial charge in [-0.15, -0.1) is 0 Å². The van der Waals surface area contributed by atoms with Gasteiger partial charge in [0.15, 0.2) is 0 Å². The van der Waals surface area contributed by atoms with Crippen molar-refractivity contribution in [2.24, 2.45) is 5.92 Å². The first-order valence-electron chi connectivity index (χ1n) is 10.1. The number of benzene rings is 2. The third kappa shape index (κ3) is 4.54. The molecule has 1 fully saturated rings. The molecule has 2 aromatic carbocycles. The van der Waals surface area contributed by atoms with Gasteiger partial charge in [-0.25, -0.2) is 8.42 Å². The molecule has 1 heterocycles. The summed E-state index contributed by atoms with van der Waals surface area (Å²) in [6.45, 7) is 10.5. The molecule has 0 saturated carbocycles. The Morgan fingerprint density at radius 1 is 0.897 bits per heavy atom. The van der Waals surface area contributed by atoms with Gasteiger partial charge in [-0.2, -0.15) is 4.31 Å². The van der Waals surface area contributed by atoms with Gasteiger partial charge in [0.05, 0.1) is 4.90 Å². The molecule has 29 heavy (non-hydrogen) atoms. The molecule has 0 aliphatic carbocycles. The van der Waals surface area contributed by atoms with Crippen molar-refractivity contribution in [3.63, 3.8) is 0 Å². The zero-order valence-corrected chi connectivity index (χ0v) is 18.7. The second kappa shape index (κ2) is 8.28. The molecule has 0 bridgehead atoms. The van der Waals surface area contributed by atoms with Crippen LogP contribution in [0.15, 0.2) is 35.2 Å². The number of hydrogen-bond donors (Lipinski definition) is 1. The molecule has 156 valence electrons. The fourth-order valence-electron chi connectivity index (χ4n) is 4.09. The molecule has 1 saturated heterocycles. The Hall–Kier alpha value is -2.18. The van der Waals surface area contributed by atoms with Crippen LogP contribution in [0.5, 0.6) is 0 Å². The van der Waals surface area contributed by atoms with Gasteiger partial charge in [0.1, 0.15) is 0 Å². The largest absolute Gasteiger partial charge is 0.325 e. The van der Waals surface area contributed by atoms with Gasteiger partial charge >= 0.3 is 0 Å². The summed E-state index contributed by atoms with van der Waals surface area (Å²) in [7, 11) is -3.54. The Kier molecular flexibility index (Phi) is 6.15. The topological polar surface area (TPSA) is 66.5 Å². The van der Waals surface area contributed by atoms with Crippen LogP contribution in [-0.4, -0.2) is 31.7 Å². The number of nitrogens with one attached hydrogen (secondary N) is 1. The number of rotatable bonds is 4. The van der Waals surface area contributed by atoms with Crippen LogP contribution in [0, 0.1) is 40.5 Å². The minimum absolute atomic E-state index is 0.0242. The van der Waals surface area contributed by atoms with E-state index in [4.69, 9.17) is 0 Å². The highest BCUT2D eigenvalue weighted by Gasteiger charge is 2.33. The molecule has 6 heteroatoms. The summed E-state index contributed by atoms with van der Waals surface area (Å²) in [5.74, 6) is -0.205. The molecule has 2 aromatic rings. The SMILES string of the molecule is Cc1cc(C)c(NC(=O)C2CCN(S(=O)(=O)c3cc(C)ccc3C)CC2)c(C)c1. The molecule has 0 unspecified atom stereocenters. The number of anilines is 1. The Labute approximate surface area is 174 Å². The van der Waals surface area contributed by atoms with Crippen LogP contribution in [-0.2, 0) is 14.8 Å². The number of hydrogen-bond acceptors (Lipinski definition) is 3. The van der Waals surface area contributed by atoms with Crippen LogP contribution >= 0.6 is 0 Å². The summed E-state index contributed by atoms with van der Waals surface area (Å²) < 4.78 is 27.7. The lowest BCUT2D eigenvalue weighted by Crippen LogP contribution is -2.41. The second-order valence-corrected chi connectivity index (χ2v) is 10.1. The van der Waals surface area contributed by atoms with E-state index >= 15 is 0 Å². The van der Waals surface area contributed by atoms with Gasteiger partial charge in [0, 0.05) is 24.7 Å². The molecule has 0 radical (unpaired) electrons. The Bertz CT molecular complexity index is 1010. The monoisotopic (exact) mass is 414 g/mol. The third-order valence-corrected chi connectivity index (χ3v) is 7.75. The second-order valence-electron chi connectivity index (χ2n) is 8.21. The lowest BCUT2D eigenvalue weighted by molar-refractivity contribution is -0.120. The van der Waals surface area contributed by atoms with E-state index in [0.717, 1.165) is 27.9 Å². The van der Waals surface area contributed by atoms with Crippen molar-refractivity contribution in [3.05, 3.63) is 58.1 Å². The van der Waals surface area contributed by atoms with E-state index in [1.165, 1.54) is 9.87 Å². The average Bonchev–Trinajstić information content (AvgIpc) is 2.66. The van der Waals surface area contributed by atoms with Crippen molar-refractivity contribution in [2.75, 3.05) is 18.4 Å². The van der Waals surface area contributed by atoms with Gasteiger partial charge in [-0.1, -0.05) is 29.8 Å². The zero-order chi connectivity index (χ0) is 21.3. The zero-order valence-electron chi connectivity index (χ0n) is 17.9. The van der Waals surface area contributed by atoms with Crippen molar-refractivity contribution in [2.45, 2.75) is 52.4 Å². The predicted octanol–water partition coefficient (Wildman–Crippen LogP) is 4.27. The van der Waals surface area contributed by atoms with Gasteiger partial charge in [-0.05, 0) is 75.8 Å². The van der Waals surface area contributed by atoms with Gasteiger partial charge in [-0.3, -0.25) is 4.79 Å². The molecular weight excluding hydrogens is 384 g/mol. The Morgan fingerprint density at radius 2 is 1.48 bits per heavy atom. The van der Waals surface area contributed by atoms with Crippen LogP contribution < -0.4 is 5.32 Å². The number of sulfonamides is 1. The standard InChI is InChI=1S/C23H30N2O3S/c1-15-6-7-17(3)21(14-15)29(27,28)25-10-8-20(9-11-25)23(26)24-22-18(4)12-16(2)13-19(22)5/h6-7,12-14,20H,8-11H2,1-5H3,(H,24,26). The maximum Gasteiger partial charge on any atom is 0.243 e. The van der Waals surface area contributed by atoms with E-state index in [1.54, 1.807) is 6.07 Å². The highest BCUT2D eigenvalue weighted by atomic mass is 32.2. The quantitative estimate of drug-likeness (QED) is 0.812. The smallest absolute Gasteiger partial charge is 0.243 e. The number of amides is 1. The summed E-state index contributed by atoms with van der Waals surface area (Å²) in [4.78, 5) is 13.2. The number of aryl methyl sites for hydroxylation is 5. The summed E-state index contributed by atoms with van der Waals surface area (Å²) in [5, 5.41) is 3.07. The molecule has 0 aromatic heterocycles. The number of carbonyl (C=O) groups excluding carboxylic acids is 1. The minimum atomic E-state index is -3.54. The number of carbonyl (C=O) groups is 1. The van der Waals surface area contributed by atoms with Crippen molar-refractivity contribution in [1.82, 2.24) is 4.31 Å². The third-order valence-electron chi connectivity index (χ3n) is 5.71. The van der Waals surface area contributed by atoms with E-state index in [2.05, 4.69) is 17.4 Å². The number of piperidine rings is 1. The van der Waals surface area contributed by atoms with Crippen LogP contribution in [0.4, 0.5) is 5.69 Å². The summed E-state index contributed by atoms with van der Waals surface area (Å²) in [6, 6.07) is 9.60. The van der Waals surface area contributed by atoms with Crippen molar-refractivity contribution in [3.8, 4) is 0 Å². The molecule has 0 atom stereocenters. The fraction of sp³-hybridized carbons (Fsp3) is 0.435. The van der Waals surface area contributed by atoms with Gasteiger partial charge in [0.2, 0.25) is 15.9 Å². The van der Waals surface area contributed by atoms with Crippen molar-refractivity contribution in [1.29, 1.82) is 0 Å². The summed E-state index contributed by atoms with van der Waals surface area (Å²) in [5.41, 5.74) is 5.80. The van der Waals surface area contributed by atoms with Crippen LogP contribution in [0.25, 0.3) is 0 Å². The molecule has 1 amide bonds. The summed E-state index contributed by atoms with van der Waals surface area (Å²) >= 11 is 0. The number of nitrogens with zero attached hydrogens (tertiary/aromatic N) is 1. The summed E-state index contributed by atoms with van der Waals surface area (Å²) in [6.07, 6.45) is 1.06. The van der Waals surface area contributed by atoms with Crippen LogP contribution in [0.1, 0.15) is 40.7 Å². The van der Waals surface area contributed by atoms with Crippen LogP contribution in [0.3, 0.4) is 0 Å². The maximum absolute atomic E-state index is 13.1. The molecular formula is C23H30N2O3S. The first kappa shape index (κ1) is 21.5. The van der Waals surface area contributed by atoms with E-state index in [-0.39, 0.29) is 11.8 Å². The maximum atomic E-state index is 13.1. The minimum Gasteiger partial charge on any atom is -0.325 e. The molecule has 3 rings (SSSR count). The lowest BCUT2D eigenvalue weighted by Gasteiger charge is -2.31. The Morgan fingerprint density at radius 3 is 2.07 bits per heavy atom. The highest BCUT2D eigenvalue weighted by Crippen LogP contribution is 2.28. The van der Waals surface area contributed by atoms with Crippen molar-refractivity contribution >= 4 is 21.6 Å². The fourth-order valence-corrected chi connectivity index (χ4v) is 5.86. The van der Waals surface area contributed by atoms with E-state index in [1.807, 2.05) is 46.8 Å². The normalized spacial score (nSPS) is 16.0. The molecule has 0 spiro atoms. The van der Waals surface area contributed by atoms with E-state index in [0.29, 0.717) is 30.8 Å². The molecule has 1 N–H and O–H groups in total. The molecule has 5 nitrogen and oxygen atoms in total. The Balaban J connectivity index is 1.69. The molecule has 1 aliphatic rings. The van der Waals surface area contributed by atoms with Crippen molar-refractivity contribution < 1.29 is 13.2 Å². The molecule has 1 aliphatic heterocycles. The van der Waals surface area contributed by atoms with Crippen LogP contribution in [0.2, 0.25) is 0 Å². The highest BCUT2D eigenvalue weighted by molar-refractivity contribution is 7.89. The van der Waals surface area contributed by atoms with Gasteiger partial charge < -0.3 is 5.32 Å². The van der Waals surface area contributed by atoms with E-state index < -0.39 is 10.0 Å². The average molecular weight is 415 g/mol. The van der Waals surface area contributed by atoms with Gasteiger partial charge in [0.25, 0.3) is 0 Å². The van der Waals surface area contributed by atoms with E-state index in [9.17, 15) is 13.2 Å². The first-order valence-corrected chi connectivity index (χ1v) is 11.5.